The van der Waals surface area contributed by atoms with Crippen LogP contribution in [0.4, 0.5) is 0 Å². The van der Waals surface area contributed by atoms with Gasteiger partial charge >= 0.3 is 5.97 Å². The number of rotatable bonds is 4. The SMILES string of the molecule is COc1ccc(CC(O)C(=O)O)c2ccccc12. The van der Waals surface area contributed by atoms with Gasteiger partial charge in [-0.3, -0.25) is 0 Å². The summed E-state index contributed by atoms with van der Waals surface area (Å²) in [5, 5.41) is 20.0. The summed E-state index contributed by atoms with van der Waals surface area (Å²) in [4.78, 5) is 10.7. The van der Waals surface area contributed by atoms with Crippen LogP contribution in [-0.4, -0.2) is 29.4 Å². The highest BCUT2D eigenvalue weighted by Gasteiger charge is 2.16. The van der Waals surface area contributed by atoms with Crippen LogP contribution in [0.5, 0.6) is 5.75 Å². The molecule has 0 aromatic heterocycles. The molecular weight excluding hydrogens is 232 g/mol. The van der Waals surface area contributed by atoms with Crippen molar-refractivity contribution >= 4 is 16.7 Å². The molecule has 94 valence electrons. The van der Waals surface area contributed by atoms with Crippen LogP contribution in [0.3, 0.4) is 0 Å². The molecule has 4 nitrogen and oxygen atoms in total. The van der Waals surface area contributed by atoms with Crippen LogP contribution in [0, 0.1) is 0 Å². The predicted molar refractivity (Wildman–Crippen MR) is 67.8 cm³/mol. The van der Waals surface area contributed by atoms with E-state index in [-0.39, 0.29) is 6.42 Å². The minimum absolute atomic E-state index is 0.0832. The first-order valence-electron chi connectivity index (χ1n) is 5.59. The fraction of sp³-hybridized carbons (Fsp3) is 0.214. The standard InChI is InChI=1S/C14H14O4/c1-18-13-7-6-9(8-12(15)14(16)17)10-4-2-3-5-11(10)13/h2-7,12,15H,8H2,1H3,(H,16,17). The molecule has 0 aliphatic rings. The fourth-order valence-corrected chi connectivity index (χ4v) is 1.99. The molecule has 0 heterocycles. The summed E-state index contributed by atoms with van der Waals surface area (Å²) < 4.78 is 5.26. The van der Waals surface area contributed by atoms with E-state index in [0.29, 0.717) is 0 Å². The Hall–Kier alpha value is -2.07. The van der Waals surface area contributed by atoms with Crippen LogP contribution in [0.2, 0.25) is 0 Å². The third kappa shape index (κ3) is 2.28. The molecule has 0 bridgehead atoms. The van der Waals surface area contributed by atoms with E-state index < -0.39 is 12.1 Å². The maximum Gasteiger partial charge on any atom is 0.332 e. The molecule has 0 spiro atoms. The number of hydrogen-bond acceptors (Lipinski definition) is 3. The lowest BCUT2D eigenvalue weighted by molar-refractivity contribution is -0.146. The van der Waals surface area contributed by atoms with Gasteiger partial charge in [0.15, 0.2) is 6.10 Å². The largest absolute Gasteiger partial charge is 0.496 e. The molecule has 2 N–H and O–H groups in total. The van der Waals surface area contributed by atoms with E-state index in [4.69, 9.17) is 9.84 Å². The van der Waals surface area contributed by atoms with Gasteiger partial charge in [-0.25, -0.2) is 4.79 Å². The van der Waals surface area contributed by atoms with Gasteiger partial charge in [-0.2, -0.15) is 0 Å². The van der Waals surface area contributed by atoms with Crippen molar-refractivity contribution in [3.63, 3.8) is 0 Å². The van der Waals surface area contributed by atoms with Gasteiger partial charge in [0.25, 0.3) is 0 Å². The Morgan fingerprint density at radius 1 is 1.22 bits per heavy atom. The molecular formula is C14H14O4. The molecule has 2 aromatic carbocycles. The van der Waals surface area contributed by atoms with Crippen molar-refractivity contribution in [2.45, 2.75) is 12.5 Å². The van der Waals surface area contributed by atoms with E-state index in [1.807, 2.05) is 24.3 Å². The highest BCUT2D eigenvalue weighted by Crippen LogP contribution is 2.28. The second-order valence-electron chi connectivity index (χ2n) is 4.03. The third-order valence-corrected chi connectivity index (χ3v) is 2.89. The van der Waals surface area contributed by atoms with Gasteiger partial charge in [0.1, 0.15) is 5.75 Å². The van der Waals surface area contributed by atoms with Crippen molar-refractivity contribution in [1.29, 1.82) is 0 Å². The lowest BCUT2D eigenvalue weighted by Crippen LogP contribution is -2.22. The van der Waals surface area contributed by atoms with Crippen molar-refractivity contribution in [3.8, 4) is 5.75 Å². The van der Waals surface area contributed by atoms with E-state index in [1.165, 1.54) is 0 Å². The van der Waals surface area contributed by atoms with Crippen molar-refractivity contribution in [2.24, 2.45) is 0 Å². The molecule has 1 unspecified atom stereocenters. The van der Waals surface area contributed by atoms with Crippen LogP contribution in [0.15, 0.2) is 36.4 Å². The Balaban J connectivity index is 2.49. The van der Waals surface area contributed by atoms with E-state index in [9.17, 15) is 9.90 Å². The summed E-state index contributed by atoms with van der Waals surface area (Å²) in [6.07, 6.45) is -1.30. The molecule has 4 heteroatoms. The van der Waals surface area contributed by atoms with Gasteiger partial charge in [0, 0.05) is 11.8 Å². The third-order valence-electron chi connectivity index (χ3n) is 2.89. The maximum absolute atomic E-state index is 10.7. The van der Waals surface area contributed by atoms with E-state index in [2.05, 4.69) is 0 Å². The Kier molecular flexibility index (Phi) is 3.48. The Labute approximate surface area is 104 Å². The lowest BCUT2D eigenvalue weighted by Gasteiger charge is -2.11. The average molecular weight is 246 g/mol. The number of carboxylic acids is 1. The molecule has 0 aliphatic heterocycles. The molecule has 0 saturated heterocycles. The number of methoxy groups -OCH3 is 1. The molecule has 1 atom stereocenters. The van der Waals surface area contributed by atoms with Crippen LogP contribution < -0.4 is 4.74 Å². The van der Waals surface area contributed by atoms with Crippen molar-refractivity contribution in [1.82, 2.24) is 0 Å². The number of ether oxygens (including phenoxy) is 1. The van der Waals surface area contributed by atoms with Crippen molar-refractivity contribution in [3.05, 3.63) is 42.0 Å². The summed E-state index contributed by atoms with van der Waals surface area (Å²) >= 11 is 0. The Bertz CT molecular complexity index is 577. The predicted octanol–water partition coefficient (Wildman–Crippen LogP) is 1.84. The average Bonchev–Trinajstić information content (AvgIpc) is 2.39. The zero-order chi connectivity index (χ0) is 13.1. The van der Waals surface area contributed by atoms with Gasteiger partial charge in [-0.05, 0) is 17.0 Å². The van der Waals surface area contributed by atoms with Crippen LogP contribution in [0.25, 0.3) is 10.8 Å². The number of carboxylic acid groups (broad SMARTS) is 1. The summed E-state index contributed by atoms with van der Waals surface area (Å²) in [7, 11) is 1.59. The Morgan fingerprint density at radius 3 is 2.50 bits per heavy atom. The second-order valence-corrected chi connectivity index (χ2v) is 4.03. The molecule has 0 amide bonds. The molecule has 0 fully saturated rings. The summed E-state index contributed by atoms with van der Waals surface area (Å²) in [6.45, 7) is 0. The minimum atomic E-state index is -1.39. The fourth-order valence-electron chi connectivity index (χ4n) is 1.99. The smallest absolute Gasteiger partial charge is 0.332 e. The zero-order valence-electron chi connectivity index (χ0n) is 9.96. The minimum Gasteiger partial charge on any atom is -0.496 e. The zero-order valence-corrected chi connectivity index (χ0v) is 9.96. The Morgan fingerprint density at radius 2 is 1.89 bits per heavy atom. The number of fused-ring (bicyclic) bond motifs is 1. The van der Waals surface area contributed by atoms with Gasteiger partial charge < -0.3 is 14.9 Å². The number of aliphatic hydroxyl groups excluding tert-OH is 1. The second kappa shape index (κ2) is 5.06. The molecule has 0 radical (unpaired) electrons. The molecule has 18 heavy (non-hydrogen) atoms. The van der Waals surface area contributed by atoms with Crippen LogP contribution in [-0.2, 0) is 11.2 Å². The van der Waals surface area contributed by atoms with E-state index in [0.717, 1.165) is 22.1 Å². The monoisotopic (exact) mass is 246 g/mol. The highest BCUT2D eigenvalue weighted by molar-refractivity contribution is 5.91. The van der Waals surface area contributed by atoms with Crippen molar-refractivity contribution < 1.29 is 19.7 Å². The number of aliphatic hydroxyl groups is 1. The topological polar surface area (TPSA) is 66.8 Å². The molecule has 0 aliphatic carbocycles. The molecule has 0 saturated carbocycles. The first-order valence-corrected chi connectivity index (χ1v) is 5.59. The van der Waals surface area contributed by atoms with Crippen LogP contribution >= 0.6 is 0 Å². The summed E-state index contributed by atoms with van der Waals surface area (Å²) in [6, 6.07) is 11.1. The number of carbonyl (C=O) groups is 1. The number of aliphatic carboxylic acids is 1. The van der Waals surface area contributed by atoms with Gasteiger partial charge in [0.2, 0.25) is 0 Å². The summed E-state index contributed by atoms with van der Waals surface area (Å²) in [5.41, 5.74) is 0.793. The summed E-state index contributed by atoms with van der Waals surface area (Å²) in [5.74, 6) is -0.478. The molecule has 2 aromatic rings. The molecule has 2 rings (SSSR count). The van der Waals surface area contributed by atoms with Gasteiger partial charge in [-0.1, -0.05) is 30.3 Å². The van der Waals surface area contributed by atoms with E-state index in [1.54, 1.807) is 19.2 Å². The van der Waals surface area contributed by atoms with Gasteiger partial charge in [0.05, 0.1) is 7.11 Å². The number of hydrogen-bond donors (Lipinski definition) is 2. The normalized spacial score (nSPS) is 12.3. The maximum atomic E-state index is 10.7. The van der Waals surface area contributed by atoms with Gasteiger partial charge in [-0.15, -0.1) is 0 Å². The van der Waals surface area contributed by atoms with E-state index >= 15 is 0 Å². The van der Waals surface area contributed by atoms with Crippen LogP contribution in [0.1, 0.15) is 5.56 Å². The first kappa shape index (κ1) is 12.4. The first-order chi connectivity index (χ1) is 8.63. The number of benzene rings is 2. The lowest BCUT2D eigenvalue weighted by atomic mass is 9.99. The quantitative estimate of drug-likeness (QED) is 0.863. The van der Waals surface area contributed by atoms with Crippen molar-refractivity contribution in [2.75, 3.05) is 7.11 Å². The highest BCUT2D eigenvalue weighted by atomic mass is 16.5.